The van der Waals surface area contributed by atoms with Crippen molar-refractivity contribution in [2.75, 3.05) is 100 Å². The fourth-order valence-electron chi connectivity index (χ4n) is 3.80. The number of hydrogen-bond donors (Lipinski definition) is 0. The molecule has 0 radical (unpaired) electrons. The summed E-state index contributed by atoms with van der Waals surface area (Å²) in [4.78, 5) is 12.3. The molecule has 1 aromatic carbocycles. The largest absolute Gasteiger partial charge is 0.305 e. The lowest BCUT2D eigenvalue weighted by Gasteiger charge is -2.26. The van der Waals surface area contributed by atoms with Crippen LogP contribution in [-0.4, -0.2) is 125 Å². The van der Waals surface area contributed by atoms with Crippen molar-refractivity contribution in [1.29, 1.82) is 0 Å². The van der Waals surface area contributed by atoms with Gasteiger partial charge in [-0.2, -0.15) is 0 Å². The van der Waals surface area contributed by atoms with E-state index in [4.69, 9.17) is 23.2 Å². The van der Waals surface area contributed by atoms with Gasteiger partial charge in [0.1, 0.15) is 0 Å². The Bertz CT molecular complexity index is 624. The summed E-state index contributed by atoms with van der Waals surface area (Å²) >= 11 is 12.1. The van der Waals surface area contributed by atoms with Crippen LogP contribution in [0.5, 0.6) is 0 Å². The summed E-state index contributed by atoms with van der Waals surface area (Å²) in [6, 6.07) is 5.92. The molecule has 1 fully saturated rings. The summed E-state index contributed by atoms with van der Waals surface area (Å²) in [5.74, 6) is 0. The summed E-state index contributed by atoms with van der Waals surface area (Å²) in [6.45, 7) is 12.7. The minimum Gasteiger partial charge on any atom is -0.305 e. The van der Waals surface area contributed by atoms with Gasteiger partial charge in [0.25, 0.3) is 0 Å². The highest BCUT2D eigenvalue weighted by atomic mass is 35.5. The van der Waals surface area contributed by atoms with E-state index in [1.54, 1.807) is 0 Å². The van der Waals surface area contributed by atoms with Crippen molar-refractivity contribution < 1.29 is 0 Å². The van der Waals surface area contributed by atoms with E-state index < -0.39 is 0 Å². The maximum absolute atomic E-state index is 6.11. The van der Waals surface area contributed by atoms with Crippen LogP contribution < -0.4 is 0 Å². The quantitative estimate of drug-likeness (QED) is 0.388. The molecule has 0 amide bonds. The highest BCUT2D eigenvalue weighted by molar-refractivity contribution is 6.42. The molecule has 5 nitrogen and oxygen atoms in total. The monoisotopic (exact) mass is 471 g/mol. The third-order valence-corrected chi connectivity index (χ3v) is 7.09. The zero-order valence-electron chi connectivity index (χ0n) is 20.1. The summed E-state index contributed by atoms with van der Waals surface area (Å²) in [5, 5.41) is 1.27. The molecule has 0 bridgehead atoms. The molecule has 1 saturated heterocycles. The molecule has 1 aliphatic rings. The summed E-state index contributed by atoms with van der Waals surface area (Å²) in [7, 11) is 8.91. The van der Waals surface area contributed by atoms with E-state index >= 15 is 0 Å². The molecule has 178 valence electrons. The molecule has 0 spiro atoms. The average molecular weight is 473 g/mol. The van der Waals surface area contributed by atoms with Crippen LogP contribution in [0, 0.1) is 0 Å². The van der Waals surface area contributed by atoms with E-state index in [1.165, 1.54) is 44.6 Å². The fourth-order valence-corrected chi connectivity index (χ4v) is 4.13. The van der Waals surface area contributed by atoms with Crippen molar-refractivity contribution >= 4 is 23.2 Å². The highest BCUT2D eigenvalue weighted by Gasteiger charge is 2.12. The van der Waals surface area contributed by atoms with Crippen LogP contribution in [0.2, 0.25) is 10.0 Å². The Labute approximate surface area is 200 Å². The van der Waals surface area contributed by atoms with Crippen molar-refractivity contribution in [3.63, 3.8) is 0 Å². The molecule has 1 heterocycles. The Kier molecular flexibility index (Phi) is 12.7. The molecular weight excluding hydrogens is 429 g/mol. The van der Waals surface area contributed by atoms with Crippen LogP contribution in [0.15, 0.2) is 18.2 Å². The molecule has 0 aliphatic carbocycles. The highest BCUT2D eigenvalue weighted by Crippen LogP contribution is 2.22. The van der Waals surface area contributed by atoms with Crippen molar-refractivity contribution in [2.24, 2.45) is 0 Å². The Balaban J connectivity index is 1.50. The van der Waals surface area contributed by atoms with Gasteiger partial charge >= 0.3 is 0 Å². The number of hydrogen-bond acceptors (Lipinski definition) is 5. The normalized spacial score (nSPS) is 15.3. The Morgan fingerprint density at radius 3 is 1.68 bits per heavy atom. The minimum absolute atomic E-state index is 0.624. The molecule has 1 aromatic rings. The van der Waals surface area contributed by atoms with Crippen LogP contribution in [-0.2, 0) is 6.42 Å². The Morgan fingerprint density at radius 2 is 1.16 bits per heavy atom. The number of benzene rings is 1. The average Bonchev–Trinajstić information content (AvgIpc) is 3.27. The smallest absolute Gasteiger partial charge is 0.0595 e. The number of halogens is 2. The first-order valence-corrected chi connectivity index (χ1v) is 12.5. The van der Waals surface area contributed by atoms with E-state index in [0.29, 0.717) is 10.0 Å². The molecule has 0 N–H and O–H groups in total. The number of nitrogens with zero attached hydrogens (tertiary/aromatic N) is 5. The second-order valence-electron chi connectivity index (χ2n) is 9.26. The number of rotatable bonds is 15. The van der Waals surface area contributed by atoms with E-state index in [0.717, 1.165) is 52.2 Å². The summed E-state index contributed by atoms with van der Waals surface area (Å²) < 4.78 is 0. The molecule has 1 aliphatic heterocycles. The van der Waals surface area contributed by atoms with E-state index in [9.17, 15) is 0 Å². The Morgan fingerprint density at radius 1 is 0.677 bits per heavy atom. The molecule has 7 heteroatoms. The van der Waals surface area contributed by atoms with E-state index in [1.807, 2.05) is 12.1 Å². The lowest BCUT2D eigenvalue weighted by molar-refractivity contribution is 0.202. The van der Waals surface area contributed by atoms with E-state index in [-0.39, 0.29) is 0 Å². The minimum atomic E-state index is 0.624. The summed E-state index contributed by atoms with van der Waals surface area (Å²) in [5.41, 5.74) is 1.24. The standard InChI is InChI=1S/C24H43Cl2N5/c1-27(12-9-22-7-8-23(25)24(26)21-22)13-14-28(2)15-16-29(3)17-18-30(4)19-20-31-10-5-6-11-31/h7-8,21H,5-6,9-20H2,1-4H3. The van der Waals surface area contributed by atoms with Crippen LogP contribution in [0.25, 0.3) is 0 Å². The van der Waals surface area contributed by atoms with Crippen LogP contribution in [0.1, 0.15) is 18.4 Å². The van der Waals surface area contributed by atoms with Gasteiger partial charge in [0.05, 0.1) is 10.0 Å². The second-order valence-corrected chi connectivity index (χ2v) is 10.1. The molecule has 0 unspecified atom stereocenters. The molecule has 2 rings (SSSR count). The molecule has 0 saturated carbocycles. The maximum Gasteiger partial charge on any atom is 0.0595 e. The van der Waals surface area contributed by atoms with Crippen LogP contribution in [0.3, 0.4) is 0 Å². The zero-order chi connectivity index (χ0) is 22.6. The lowest BCUT2D eigenvalue weighted by Crippen LogP contribution is -2.39. The number of likely N-dealkylation sites (tertiary alicyclic amines) is 1. The van der Waals surface area contributed by atoms with E-state index in [2.05, 4.69) is 58.8 Å². The molecule has 0 atom stereocenters. The van der Waals surface area contributed by atoms with Crippen molar-refractivity contribution in [1.82, 2.24) is 24.5 Å². The van der Waals surface area contributed by atoms with Crippen LogP contribution in [0.4, 0.5) is 0 Å². The van der Waals surface area contributed by atoms with Gasteiger partial charge in [-0.15, -0.1) is 0 Å². The first-order valence-electron chi connectivity index (χ1n) is 11.7. The first-order chi connectivity index (χ1) is 14.8. The van der Waals surface area contributed by atoms with Gasteiger partial charge in [-0.25, -0.2) is 0 Å². The van der Waals surface area contributed by atoms with Gasteiger partial charge in [-0.05, 0) is 78.2 Å². The third-order valence-electron chi connectivity index (χ3n) is 6.35. The van der Waals surface area contributed by atoms with Crippen molar-refractivity contribution in [3.05, 3.63) is 33.8 Å². The SMILES string of the molecule is CN(CCc1ccc(Cl)c(Cl)c1)CCN(C)CCN(C)CCN(C)CCN1CCCC1. The predicted octanol–water partition coefficient (Wildman–Crippen LogP) is 3.36. The fraction of sp³-hybridized carbons (Fsp3) is 0.750. The second kappa shape index (κ2) is 14.7. The van der Waals surface area contributed by atoms with Crippen molar-refractivity contribution in [2.45, 2.75) is 19.3 Å². The van der Waals surface area contributed by atoms with Gasteiger partial charge in [0.2, 0.25) is 0 Å². The molecule has 31 heavy (non-hydrogen) atoms. The topological polar surface area (TPSA) is 16.2 Å². The summed E-state index contributed by atoms with van der Waals surface area (Å²) in [6.07, 6.45) is 3.76. The molecular formula is C24H43Cl2N5. The first kappa shape index (κ1) is 26.8. The van der Waals surface area contributed by atoms with Gasteiger partial charge in [-0.3, -0.25) is 0 Å². The lowest BCUT2D eigenvalue weighted by atomic mass is 10.1. The maximum atomic E-state index is 6.11. The third kappa shape index (κ3) is 11.3. The van der Waals surface area contributed by atoms with Crippen molar-refractivity contribution in [3.8, 4) is 0 Å². The van der Waals surface area contributed by atoms with Crippen LogP contribution >= 0.6 is 23.2 Å². The van der Waals surface area contributed by atoms with Gasteiger partial charge in [0.15, 0.2) is 0 Å². The zero-order valence-corrected chi connectivity index (χ0v) is 21.6. The predicted molar refractivity (Wildman–Crippen MR) is 136 cm³/mol. The Hall–Kier alpha value is -0.400. The van der Waals surface area contributed by atoms with Gasteiger partial charge in [-0.1, -0.05) is 29.3 Å². The van der Waals surface area contributed by atoms with Gasteiger partial charge in [0, 0.05) is 58.9 Å². The van der Waals surface area contributed by atoms with Gasteiger partial charge < -0.3 is 24.5 Å². The number of likely N-dealkylation sites (N-methyl/N-ethyl adjacent to an activating group) is 4. The molecule has 0 aromatic heterocycles.